The first-order chi connectivity index (χ1) is 26.1. The van der Waals surface area contributed by atoms with E-state index in [1.54, 1.807) is 19.6 Å². The van der Waals surface area contributed by atoms with Crippen LogP contribution in [-0.2, 0) is 33.6 Å². The smallest absolute Gasteiger partial charge is 0.317 e. The van der Waals surface area contributed by atoms with Crippen LogP contribution in [0.1, 0.15) is 20.8 Å². The number of carboxylic acids is 7. The predicted octanol–water partition coefficient (Wildman–Crippen LogP) is -3.19. The highest BCUT2D eigenvalue weighted by molar-refractivity contribution is 5.71. The summed E-state index contributed by atoms with van der Waals surface area (Å²) in [6.07, 6.45) is 0. The zero-order valence-corrected chi connectivity index (χ0v) is 32.8. The van der Waals surface area contributed by atoms with Crippen LogP contribution in [0, 0.1) is 0 Å². The Morgan fingerprint density at radius 2 is 0.429 bits per heavy atom. The highest BCUT2D eigenvalue weighted by atomic mass is 16.4. The number of carbonyl (C=O) groups is 7. The Kier molecular flexibility index (Phi) is 23.2. The van der Waals surface area contributed by atoms with E-state index in [-0.39, 0.29) is 105 Å². The van der Waals surface area contributed by atoms with Crippen molar-refractivity contribution in [3.05, 3.63) is 0 Å². The van der Waals surface area contributed by atoms with E-state index in [2.05, 4.69) is 4.90 Å². The first-order valence-corrected chi connectivity index (χ1v) is 18.5. The van der Waals surface area contributed by atoms with Crippen molar-refractivity contribution in [2.24, 2.45) is 0 Å². The van der Waals surface area contributed by atoms with Gasteiger partial charge in [0, 0.05) is 110 Å². The first kappa shape index (κ1) is 50.0. The number of hydrogen-bond donors (Lipinski definition) is 7. The average molecular weight is 807 g/mol. The molecule has 0 radical (unpaired) electrons. The molecule has 0 unspecified atom stereocenters. The fraction of sp³-hybridized carbons (Fsp3) is 0.794. The molecule has 0 aromatic carbocycles. The van der Waals surface area contributed by atoms with Gasteiger partial charge in [0.05, 0.1) is 45.8 Å². The quantitative estimate of drug-likeness (QED) is 0.0910. The van der Waals surface area contributed by atoms with E-state index in [1.165, 1.54) is 14.7 Å². The Morgan fingerprint density at radius 3 is 0.536 bits per heavy atom. The summed E-state index contributed by atoms with van der Waals surface area (Å²) >= 11 is 0. The maximum atomic E-state index is 11.8. The van der Waals surface area contributed by atoms with Gasteiger partial charge in [0.2, 0.25) is 0 Å². The highest BCUT2D eigenvalue weighted by Crippen LogP contribution is 2.13. The van der Waals surface area contributed by atoms with Gasteiger partial charge in [-0.2, -0.15) is 0 Å². The van der Waals surface area contributed by atoms with E-state index in [0.717, 1.165) is 0 Å². The Balaban J connectivity index is 3.54. The monoisotopic (exact) mass is 806 g/mol. The van der Waals surface area contributed by atoms with Crippen LogP contribution in [0.5, 0.6) is 0 Å². The number of carboxylic acid groups (broad SMARTS) is 7. The molecule has 7 N–H and O–H groups in total. The van der Waals surface area contributed by atoms with Gasteiger partial charge in [-0.3, -0.25) is 72.8 Å². The molecule has 1 heterocycles. The second-order valence-electron chi connectivity index (χ2n) is 14.8. The molecule has 1 aliphatic rings. The summed E-state index contributed by atoms with van der Waals surface area (Å²) in [5, 5.41) is 67.4. The fourth-order valence-corrected chi connectivity index (χ4v) is 6.23. The number of hydrogen-bond acceptors (Lipinski definition) is 15. The van der Waals surface area contributed by atoms with Crippen LogP contribution in [0.4, 0.5) is 0 Å². The lowest BCUT2D eigenvalue weighted by molar-refractivity contribution is -0.141. The van der Waals surface area contributed by atoms with Gasteiger partial charge < -0.3 is 35.7 Å². The topological polar surface area (TPSA) is 287 Å². The van der Waals surface area contributed by atoms with Crippen molar-refractivity contribution in [3.63, 3.8) is 0 Å². The lowest BCUT2D eigenvalue weighted by atomic mass is 10.1. The minimum Gasteiger partial charge on any atom is -0.480 e. The van der Waals surface area contributed by atoms with E-state index in [1.807, 2.05) is 20.8 Å². The molecule has 0 aromatic rings. The van der Waals surface area contributed by atoms with E-state index in [9.17, 15) is 69.3 Å². The SMILES string of the molecule is CC(C)(C)N1CCN(CC(=O)O)CCN(CC(=O)O)CCN(CC(=O)O)CCN(CC(=O)O)CCN(CC(=O)O)CCN(CC(=O)O)CCN(CC(=O)O)CC1. The van der Waals surface area contributed by atoms with Crippen molar-refractivity contribution in [2.45, 2.75) is 26.3 Å². The zero-order valence-electron chi connectivity index (χ0n) is 32.8. The van der Waals surface area contributed by atoms with Crippen LogP contribution in [0.2, 0.25) is 0 Å². The summed E-state index contributed by atoms with van der Waals surface area (Å²) in [4.78, 5) is 95.7. The largest absolute Gasteiger partial charge is 0.480 e. The zero-order chi connectivity index (χ0) is 42.4. The molecule has 1 aliphatic heterocycles. The Labute approximate surface area is 327 Å². The molecule has 0 spiro atoms. The van der Waals surface area contributed by atoms with E-state index >= 15 is 0 Å². The molecule has 1 rings (SSSR count). The highest BCUT2D eigenvalue weighted by Gasteiger charge is 2.25. The molecule has 56 heavy (non-hydrogen) atoms. The Bertz CT molecular complexity index is 1210. The van der Waals surface area contributed by atoms with Gasteiger partial charge in [-0.15, -0.1) is 0 Å². The predicted molar refractivity (Wildman–Crippen MR) is 200 cm³/mol. The van der Waals surface area contributed by atoms with E-state index < -0.39 is 80.0 Å². The van der Waals surface area contributed by atoms with Crippen LogP contribution in [0.3, 0.4) is 0 Å². The van der Waals surface area contributed by atoms with Crippen LogP contribution in [0.15, 0.2) is 0 Å². The lowest BCUT2D eigenvalue weighted by Gasteiger charge is -2.38. The summed E-state index contributed by atoms with van der Waals surface area (Å²) in [6, 6.07) is 0. The first-order valence-electron chi connectivity index (χ1n) is 18.5. The molecule has 0 amide bonds. The normalized spacial score (nSPS) is 19.8. The number of nitrogens with zero attached hydrogens (tertiary/aromatic N) is 8. The van der Waals surface area contributed by atoms with Crippen LogP contribution < -0.4 is 0 Å². The van der Waals surface area contributed by atoms with Gasteiger partial charge in [0.15, 0.2) is 0 Å². The van der Waals surface area contributed by atoms with Gasteiger partial charge in [-0.25, -0.2) is 0 Å². The Hall–Kier alpha value is -4.03. The van der Waals surface area contributed by atoms with Crippen molar-refractivity contribution in [3.8, 4) is 0 Å². The summed E-state index contributed by atoms with van der Waals surface area (Å²) in [7, 11) is 0. The van der Waals surface area contributed by atoms with Gasteiger partial charge in [0.1, 0.15) is 0 Å². The van der Waals surface area contributed by atoms with Crippen molar-refractivity contribution in [1.82, 2.24) is 39.2 Å². The number of aliphatic carboxylic acids is 7. The molecule has 0 saturated carbocycles. The van der Waals surface area contributed by atoms with Crippen molar-refractivity contribution in [2.75, 3.05) is 151 Å². The molecule has 22 heteroatoms. The minimum absolute atomic E-state index is 0.0701. The summed E-state index contributed by atoms with van der Waals surface area (Å²) in [6.45, 7) is 5.70. The molecule has 322 valence electrons. The molecule has 1 fully saturated rings. The number of rotatable bonds is 14. The fourth-order valence-electron chi connectivity index (χ4n) is 6.23. The maximum absolute atomic E-state index is 11.8. The van der Waals surface area contributed by atoms with Crippen LogP contribution >= 0.6 is 0 Å². The molecule has 0 aliphatic carbocycles. The van der Waals surface area contributed by atoms with Gasteiger partial charge in [-0.1, -0.05) is 0 Å². The van der Waals surface area contributed by atoms with Gasteiger partial charge in [0.25, 0.3) is 0 Å². The Morgan fingerprint density at radius 1 is 0.304 bits per heavy atom. The third-order valence-electron chi connectivity index (χ3n) is 9.23. The third-order valence-corrected chi connectivity index (χ3v) is 9.23. The molecule has 0 bridgehead atoms. The molecular formula is C34H62N8O14. The van der Waals surface area contributed by atoms with Gasteiger partial charge in [-0.05, 0) is 20.8 Å². The van der Waals surface area contributed by atoms with E-state index in [0.29, 0.717) is 13.1 Å². The lowest BCUT2D eigenvalue weighted by Crippen LogP contribution is -2.51. The second kappa shape index (κ2) is 26.0. The standard InChI is InChI=1S/C34H62N8O14/c1-34(2,3)42-18-16-40(25-32(53)54)14-12-38(23-30(49)50)10-8-36(21-28(45)46)6-4-35(20-27(43)44)5-7-37(22-29(47)48)9-11-39(24-31(51)52)13-15-41(17-19-42)26-33(55)56/h4-26H2,1-3H3,(H,43,44)(H,45,46)(H,47,48)(H,49,50)(H,51,52)(H,53,54)(H,55,56). The molecule has 0 atom stereocenters. The van der Waals surface area contributed by atoms with E-state index in [4.69, 9.17) is 0 Å². The van der Waals surface area contributed by atoms with Crippen molar-refractivity contribution < 1.29 is 69.3 Å². The van der Waals surface area contributed by atoms with Gasteiger partial charge >= 0.3 is 41.8 Å². The molecule has 22 nitrogen and oxygen atoms in total. The molecule has 0 aromatic heterocycles. The van der Waals surface area contributed by atoms with Crippen LogP contribution in [-0.4, -0.2) is 273 Å². The second-order valence-corrected chi connectivity index (χ2v) is 14.8. The third kappa shape index (κ3) is 24.5. The maximum Gasteiger partial charge on any atom is 0.317 e. The summed E-state index contributed by atoms with van der Waals surface area (Å²) in [5.41, 5.74) is -0.430. The molecular weight excluding hydrogens is 744 g/mol. The van der Waals surface area contributed by atoms with Crippen molar-refractivity contribution >= 4 is 41.8 Å². The average Bonchev–Trinajstić information content (AvgIpc) is 3.04. The molecule has 1 saturated heterocycles. The minimum atomic E-state index is -1.17. The van der Waals surface area contributed by atoms with Crippen molar-refractivity contribution in [1.29, 1.82) is 0 Å². The summed E-state index contributed by atoms with van der Waals surface area (Å²) < 4.78 is 0. The summed E-state index contributed by atoms with van der Waals surface area (Å²) in [5.74, 6) is -7.94. The van der Waals surface area contributed by atoms with Crippen LogP contribution in [0.25, 0.3) is 0 Å².